The van der Waals surface area contributed by atoms with E-state index in [4.69, 9.17) is 11.0 Å². The fourth-order valence-electron chi connectivity index (χ4n) is 4.21. The molecule has 0 aliphatic carbocycles. The molecule has 0 spiro atoms. The number of primary amides is 1. The van der Waals surface area contributed by atoms with E-state index in [0.29, 0.717) is 30.0 Å². The molecule has 1 fully saturated rings. The number of nitrogens with one attached hydrogen (secondary N) is 1. The molecule has 1 aromatic carbocycles. The van der Waals surface area contributed by atoms with Crippen molar-refractivity contribution in [3.8, 4) is 17.2 Å². The Balaban J connectivity index is 1.42. The Morgan fingerprint density at radius 1 is 1.17 bits per heavy atom. The van der Waals surface area contributed by atoms with Gasteiger partial charge >= 0.3 is 0 Å². The number of rotatable bonds is 5. The number of carbonyl (C=O) groups is 1. The zero-order chi connectivity index (χ0) is 24.5. The zero-order valence-corrected chi connectivity index (χ0v) is 18.4. The third kappa shape index (κ3) is 4.33. The number of hydrogen-bond donors (Lipinski definition) is 2. The van der Waals surface area contributed by atoms with Gasteiger partial charge in [0, 0.05) is 18.3 Å². The van der Waals surface area contributed by atoms with Crippen molar-refractivity contribution in [3.63, 3.8) is 0 Å². The van der Waals surface area contributed by atoms with E-state index in [0.717, 1.165) is 11.1 Å². The molecular weight excluding hydrogens is 454 g/mol. The molecular formula is C24H20F2N8O. The van der Waals surface area contributed by atoms with E-state index in [2.05, 4.69) is 20.6 Å². The molecule has 9 nitrogen and oxygen atoms in total. The molecule has 0 saturated carbocycles. The van der Waals surface area contributed by atoms with Crippen LogP contribution in [0.1, 0.15) is 22.5 Å². The van der Waals surface area contributed by atoms with Gasteiger partial charge in [0.15, 0.2) is 11.5 Å². The minimum absolute atomic E-state index is 0.0629. The zero-order valence-electron chi connectivity index (χ0n) is 18.4. The van der Waals surface area contributed by atoms with Crippen molar-refractivity contribution in [3.05, 3.63) is 71.9 Å². The van der Waals surface area contributed by atoms with Crippen LogP contribution in [-0.2, 0) is 0 Å². The molecule has 0 radical (unpaired) electrons. The molecule has 35 heavy (non-hydrogen) atoms. The lowest BCUT2D eigenvalue weighted by atomic mass is 10.0. The van der Waals surface area contributed by atoms with Crippen molar-refractivity contribution in [1.82, 2.24) is 19.8 Å². The predicted molar refractivity (Wildman–Crippen MR) is 125 cm³/mol. The normalized spacial score (nSPS) is 17.8. The molecule has 1 aliphatic rings. The van der Waals surface area contributed by atoms with Gasteiger partial charge in [-0.05, 0) is 42.3 Å². The van der Waals surface area contributed by atoms with Crippen LogP contribution in [-0.4, -0.2) is 51.0 Å². The van der Waals surface area contributed by atoms with Gasteiger partial charge in [0.2, 0.25) is 0 Å². The van der Waals surface area contributed by atoms with Crippen LogP contribution >= 0.6 is 0 Å². The number of aromatic nitrogens is 4. The smallest absolute Gasteiger partial charge is 0.252 e. The summed E-state index contributed by atoms with van der Waals surface area (Å²) in [6.07, 6.45) is 2.22. The van der Waals surface area contributed by atoms with Crippen LogP contribution in [0.25, 0.3) is 16.6 Å². The summed E-state index contributed by atoms with van der Waals surface area (Å²) in [4.78, 5) is 13.9. The van der Waals surface area contributed by atoms with E-state index in [1.807, 2.05) is 6.07 Å². The molecule has 2 atom stereocenters. The number of hydrogen-bond acceptors (Lipinski definition) is 7. The third-order valence-corrected chi connectivity index (χ3v) is 6.04. The number of anilines is 2. The number of carbonyl (C=O) groups excluding carboxylic acids is 1. The summed E-state index contributed by atoms with van der Waals surface area (Å²) in [5, 5.41) is 24.1. The highest BCUT2D eigenvalue weighted by molar-refractivity contribution is 6.02. The maximum Gasteiger partial charge on any atom is 0.252 e. The molecule has 0 unspecified atom stereocenters. The van der Waals surface area contributed by atoms with Crippen molar-refractivity contribution in [2.24, 2.45) is 5.73 Å². The first kappa shape index (κ1) is 22.2. The Kier molecular flexibility index (Phi) is 5.70. The van der Waals surface area contributed by atoms with E-state index >= 15 is 4.39 Å². The van der Waals surface area contributed by atoms with Gasteiger partial charge in [0.05, 0.1) is 35.6 Å². The van der Waals surface area contributed by atoms with Gasteiger partial charge in [-0.25, -0.2) is 13.3 Å². The molecule has 11 heteroatoms. The largest absolute Gasteiger partial charge is 0.377 e. The van der Waals surface area contributed by atoms with Gasteiger partial charge in [-0.2, -0.15) is 10.4 Å². The third-order valence-electron chi connectivity index (χ3n) is 6.04. The molecule has 4 aromatic rings. The van der Waals surface area contributed by atoms with Crippen molar-refractivity contribution in [2.75, 3.05) is 23.3 Å². The predicted octanol–water partition coefficient (Wildman–Crippen LogP) is 2.93. The van der Waals surface area contributed by atoms with E-state index in [-0.39, 0.29) is 23.6 Å². The Bertz CT molecular complexity index is 1430. The molecule has 176 valence electrons. The minimum Gasteiger partial charge on any atom is -0.377 e. The lowest BCUT2D eigenvalue weighted by molar-refractivity contribution is 0.100. The van der Waals surface area contributed by atoms with E-state index in [1.165, 1.54) is 24.4 Å². The number of halogens is 2. The first-order valence-corrected chi connectivity index (χ1v) is 10.9. The monoisotopic (exact) mass is 474 g/mol. The fourth-order valence-corrected chi connectivity index (χ4v) is 4.21. The molecule has 1 saturated heterocycles. The second-order valence-corrected chi connectivity index (χ2v) is 8.25. The number of amides is 1. The molecule has 1 amide bonds. The SMILES string of the molecule is N#Cc1ccc(N2CC[C@@H](Nc3c(C(N)=O)cnn4cc(-c5ccc(F)cc5)cc34)[C@H](F)C2)nn1. The summed E-state index contributed by atoms with van der Waals surface area (Å²) in [6, 6.07) is 12.3. The van der Waals surface area contributed by atoms with Crippen LogP contribution in [0.2, 0.25) is 0 Å². The van der Waals surface area contributed by atoms with E-state index < -0.39 is 18.1 Å². The molecule has 3 N–H and O–H groups in total. The Morgan fingerprint density at radius 3 is 2.63 bits per heavy atom. The highest BCUT2D eigenvalue weighted by atomic mass is 19.1. The summed E-state index contributed by atoms with van der Waals surface area (Å²) < 4.78 is 30.2. The summed E-state index contributed by atoms with van der Waals surface area (Å²) in [5.41, 5.74) is 8.39. The average Bonchev–Trinajstić information content (AvgIpc) is 3.30. The minimum atomic E-state index is -1.29. The fraction of sp³-hybridized carbons (Fsp3) is 0.208. The van der Waals surface area contributed by atoms with Gasteiger partial charge in [0.1, 0.15) is 18.1 Å². The maximum absolute atomic E-state index is 15.3. The van der Waals surface area contributed by atoms with Crippen LogP contribution in [0, 0.1) is 17.1 Å². The van der Waals surface area contributed by atoms with Crippen LogP contribution in [0.15, 0.2) is 54.9 Å². The number of alkyl halides is 1. The van der Waals surface area contributed by atoms with Crippen LogP contribution in [0.4, 0.5) is 20.3 Å². The lowest BCUT2D eigenvalue weighted by Crippen LogP contribution is -2.48. The summed E-state index contributed by atoms with van der Waals surface area (Å²) >= 11 is 0. The van der Waals surface area contributed by atoms with Crippen LogP contribution in [0.5, 0.6) is 0 Å². The van der Waals surface area contributed by atoms with Gasteiger partial charge in [0.25, 0.3) is 5.91 Å². The standard InChI is InChI=1S/C24H20F2N8O/c25-16-3-1-14(2-4-16)15-9-21-23(18(24(28)35)11-29-34(21)12-15)30-20-7-8-33(13-19(20)26)22-6-5-17(10-27)31-32-22/h1-6,9,11-12,19-20,30H,7-8,13H2,(H2,28,35)/t19-,20-/m1/s1. The number of benzene rings is 1. The number of piperidine rings is 1. The highest BCUT2D eigenvalue weighted by Crippen LogP contribution is 2.31. The van der Waals surface area contributed by atoms with Gasteiger partial charge in [-0.1, -0.05) is 12.1 Å². The van der Waals surface area contributed by atoms with Crippen LogP contribution < -0.4 is 16.0 Å². The summed E-state index contributed by atoms with van der Waals surface area (Å²) in [7, 11) is 0. The number of nitrogens with two attached hydrogens (primary N) is 1. The Hall–Kier alpha value is -4.59. The number of nitrogens with zero attached hydrogens (tertiary/aromatic N) is 6. The first-order chi connectivity index (χ1) is 16.9. The second-order valence-electron chi connectivity index (χ2n) is 8.25. The molecule has 5 rings (SSSR count). The lowest BCUT2D eigenvalue weighted by Gasteiger charge is -2.36. The topological polar surface area (TPSA) is 125 Å². The average molecular weight is 474 g/mol. The number of fused-ring (bicyclic) bond motifs is 1. The molecule has 4 heterocycles. The number of nitriles is 1. The quantitative estimate of drug-likeness (QED) is 0.456. The molecule has 3 aromatic heterocycles. The van der Waals surface area contributed by atoms with Crippen molar-refractivity contribution >= 4 is 22.9 Å². The first-order valence-electron chi connectivity index (χ1n) is 10.9. The summed E-state index contributed by atoms with van der Waals surface area (Å²) in [5.74, 6) is -0.543. The molecule has 0 bridgehead atoms. The van der Waals surface area contributed by atoms with Crippen molar-refractivity contribution < 1.29 is 13.6 Å². The Morgan fingerprint density at radius 2 is 1.97 bits per heavy atom. The Labute approximate surface area is 198 Å². The molecule has 1 aliphatic heterocycles. The summed E-state index contributed by atoms with van der Waals surface area (Å²) in [6.45, 7) is 0.557. The van der Waals surface area contributed by atoms with Gasteiger partial charge < -0.3 is 16.0 Å². The maximum atomic E-state index is 15.3. The van der Waals surface area contributed by atoms with E-state index in [9.17, 15) is 9.18 Å². The van der Waals surface area contributed by atoms with E-state index in [1.54, 1.807) is 39.9 Å². The van der Waals surface area contributed by atoms with Crippen molar-refractivity contribution in [2.45, 2.75) is 18.6 Å². The van der Waals surface area contributed by atoms with Crippen LogP contribution in [0.3, 0.4) is 0 Å². The second kappa shape index (κ2) is 8.98. The van der Waals surface area contributed by atoms with Gasteiger partial charge in [-0.3, -0.25) is 4.79 Å². The van der Waals surface area contributed by atoms with Gasteiger partial charge in [-0.15, -0.1) is 10.2 Å². The van der Waals surface area contributed by atoms with Crippen molar-refractivity contribution in [1.29, 1.82) is 5.26 Å². The highest BCUT2D eigenvalue weighted by Gasteiger charge is 2.31.